The second kappa shape index (κ2) is 7.98. The van der Waals surface area contributed by atoms with E-state index in [1.165, 1.54) is 7.11 Å². The number of phenols is 1. The number of Topliss-reactive ketones (excluding diaryl/α,β-unsaturated/α-hetero) is 1. The van der Waals surface area contributed by atoms with Gasteiger partial charge in [-0.3, -0.25) is 4.79 Å². The minimum Gasteiger partial charge on any atom is -0.504 e. The Kier molecular flexibility index (Phi) is 5.70. The highest BCUT2D eigenvalue weighted by atomic mass is 35.5. The van der Waals surface area contributed by atoms with Crippen LogP contribution in [0.25, 0.3) is 12.2 Å². The lowest BCUT2D eigenvalue weighted by Gasteiger charge is -2.17. The zero-order chi connectivity index (χ0) is 18.7. The molecule has 5 heteroatoms. The van der Waals surface area contributed by atoms with Gasteiger partial charge in [-0.15, -0.1) is 0 Å². The molecule has 0 spiro atoms. The molecule has 1 aliphatic rings. The first-order valence-electron chi connectivity index (χ1n) is 8.26. The average molecular weight is 389 g/mol. The number of hydrogen-bond acceptors (Lipinski definition) is 3. The summed E-state index contributed by atoms with van der Waals surface area (Å²) in [4.78, 5) is 12.8. The molecule has 26 heavy (non-hydrogen) atoms. The number of carbonyl (C=O) groups is 1. The van der Waals surface area contributed by atoms with Crippen LogP contribution in [-0.2, 0) is 4.79 Å². The summed E-state index contributed by atoms with van der Waals surface area (Å²) in [6.07, 6.45) is 6.01. The summed E-state index contributed by atoms with van der Waals surface area (Å²) in [7, 11) is 1.49. The molecule has 2 aromatic rings. The summed E-state index contributed by atoms with van der Waals surface area (Å²) in [5.41, 5.74) is 3.07. The van der Waals surface area contributed by atoms with Crippen LogP contribution in [0.15, 0.2) is 47.5 Å². The molecule has 0 aliphatic heterocycles. The van der Waals surface area contributed by atoms with Crippen LogP contribution in [-0.4, -0.2) is 18.0 Å². The summed E-state index contributed by atoms with van der Waals surface area (Å²) < 4.78 is 5.12. The van der Waals surface area contributed by atoms with E-state index in [0.29, 0.717) is 28.6 Å². The highest BCUT2D eigenvalue weighted by Gasteiger charge is 2.21. The van der Waals surface area contributed by atoms with E-state index in [1.54, 1.807) is 30.3 Å². The monoisotopic (exact) mass is 388 g/mol. The Morgan fingerprint density at radius 3 is 2.46 bits per heavy atom. The number of hydrogen-bond donors (Lipinski definition) is 1. The molecule has 0 bridgehead atoms. The van der Waals surface area contributed by atoms with Crippen LogP contribution in [0.5, 0.6) is 11.5 Å². The predicted octanol–water partition coefficient (Wildman–Crippen LogP) is 5.93. The third-order valence-corrected chi connectivity index (χ3v) is 4.87. The van der Waals surface area contributed by atoms with Gasteiger partial charge in [0, 0.05) is 21.2 Å². The normalized spacial score (nSPS) is 17.7. The standard InChI is InChI=1S/C21H18Cl2O3/c1-26-20-10-13(5-8-19(20)24)9-15-3-2-4-16(21(15)25)11-14-6-7-17(22)12-18(14)23/h5-12,24H,2-4H2,1H3/b15-9+,16-11+. The van der Waals surface area contributed by atoms with Gasteiger partial charge in [0.2, 0.25) is 0 Å². The van der Waals surface area contributed by atoms with Gasteiger partial charge in [0.15, 0.2) is 17.3 Å². The lowest BCUT2D eigenvalue weighted by molar-refractivity contribution is -0.112. The van der Waals surface area contributed by atoms with Crippen LogP contribution in [0, 0.1) is 0 Å². The molecule has 0 unspecified atom stereocenters. The summed E-state index contributed by atoms with van der Waals surface area (Å²) in [6, 6.07) is 10.3. The molecule has 0 saturated heterocycles. The van der Waals surface area contributed by atoms with Gasteiger partial charge in [0.1, 0.15) is 0 Å². The average Bonchev–Trinajstić information content (AvgIpc) is 2.62. The van der Waals surface area contributed by atoms with Crippen molar-refractivity contribution in [2.45, 2.75) is 19.3 Å². The van der Waals surface area contributed by atoms with E-state index >= 15 is 0 Å². The number of halogens is 2. The summed E-state index contributed by atoms with van der Waals surface area (Å²) in [6.45, 7) is 0. The lowest BCUT2D eigenvalue weighted by atomic mass is 9.87. The largest absolute Gasteiger partial charge is 0.504 e. The van der Waals surface area contributed by atoms with Crippen LogP contribution < -0.4 is 4.74 Å². The van der Waals surface area contributed by atoms with E-state index in [-0.39, 0.29) is 11.5 Å². The van der Waals surface area contributed by atoms with Crippen molar-refractivity contribution in [2.24, 2.45) is 0 Å². The second-order valence-corrected chi connectivity index (χ2v) is 6.96. The Morgan fingerprint density at radius 2 is 1.77 bits per heavy atom. The molecule has 3 nitrogen and oxygen atoms in total. The number of carbonyl (C=O) groups excluding carboxylic acids is 1. The van der Waals surface area contributed by atoms with Gasteiger partial charge in [-0.25, -0.2) is 0 Å². The summed E-state index contributed by atoms with van der Waals surface area (Å²) >= 11 is 12.1. The van der Waals surface area contributed by atoms with Crippen molar-refractivity contribution < 1.29 is 14.6 Å². The van der Waals surface area contributed by atoms with Gasteiger partial charge in [-0.1, -0.05) is 35.3 Å². The minimum absolute atomic E-state index is 0.0225. The number of aromatic hydroxyl groups is 1. The quantitative estimate of drug-likeness (QED) is 0.662. The van der Waals surface area contributed by atoms with Crippen molar-refractivity contribution in [3.63, 3.8) is 0 Å². The first-order valence-corrected chi connectivity index (χ1v) is 9.01. The van der Waals surface area contributed by atoms with Crippen LogP contribution >= 0.6 is 23.2 Å². The van der Waals surface area contributed by atoms with Crippen molar-refractivity contribution in [1.82, 2.24) is 0 Å². The second-order valence-electron chi connectivity index (χ2n) is 6.12. The maximum absolute atomic E-state index is 12.8. The summed E-state index contributed by atoms with van der Waals surface area (Å²) in [5, 5.41) is 10.8. The highest BCUT2D eigenvalue weighted by molar-refractivity contribution is 6.35. The van der Waals surface area contributed by atoms with Gasteiger partial charge in [-0.2, -0.15) is 0 Å². The Labute approximate surface area is 162 Å². The van der Waals surface area contributed by atoms with Crippen molar-refractivity contribution in [3.8, 4) is 11.5 Å². The molecule has 0 amide bonds. The molecule has 1 saturated carbocycles. The third-order valence-electron chi connectivity index (χ3n) is 4.31. The van der Waals surface area contributed by atoms with Crippen LogP contribution in [0.2, 0.25) is 10.0 Å². The molecule has 0 radical (unpaired) electrons. The van der Waals surface area contributed by atoms with Crippen molar-refractivity contribution >= 4 is 41.1 Å². The molecular formula is C21H18Cl2O3. The third kappa shape index (κ3) is 4.12. The highest BCUT2D eigenvalue weighted by Crippen LogP contribution is 2.32. The Bertz CT molecular complexity index is 913. The van der Waals surface area contributed by atoms with Crippen LogP contribution in [0.3, 0.4) is 0 Å². The fourth-order valence-corrected chi connectivity index (χ4v) is 3.43. The van der Waals surface area contributed by atoms with Gasteiger partial charge in [-0.05, 0) is 66.8 Å². The van der Waals surface area contributed by atoms with E-state index in [4.69, 9.17) is 27.9 Å². The Hall–Kier alpha value is -2.23. The van der Waals surface area contributed by atoms with E-state index in [2.05, 4.69) is 0 Å². The number of ketones is 1. The first-order chi connectivity index (χ1) is 12.5. The van der Waals surface area contributed by atoms with Crippen molar-refractivity contribution in [2.75, 3.05) is 7.11 Å². The molecule has 0 aromatic heterocycles. The van der Waals surface area contributed by atoms with Gasteiger partial charge in [0.05, 0.1) is 7.11 Å². The van der Waals surface area contributed by atoms with Crippen LogP contribution in [0.4, 0.5) is 0 Å². The maximum Gasteiger partial charge on any atom is 0.185 e. The van der Waals surface area contributed by atoms with Gasteiger partial charge in [0.25, 0.3) is 0 Å². The number of phenolic OH excluding ortho intramolecular Hbond substituents is 1. The minimum atomic E-state index is 0.0225. The molecule has 0 heterocycles. The first kappa shape index (κ1) is 18.6. The van der Waals surface area contributed by atoms with Gasteiger partial charge >= 0.3 is 0 Å². The molecule has 3 rings (SSSR count). The van der Waals surface area contributed by atoms with E-state index < -0.39 is 0 Å². The Morgan fingerprint density at radius 1 is 1.04 bits per heavy atom. The number of allylic oxidation sites excluding steroid dienone is 2. The zero-order valence-electron chi connectivity index (χ0n) is 14.3. The lowest BCUT2D eigenvalue weighted by Crippen LogP contribution is -2.12. The molecule has 2 aromatic carbocycles. The molecule has 1 fully saturated rings. The molecule has 1 N–H and O–H groups in total. The number of methoxy groups -OCH3 is 1. The number of benzene rings is 2. The van der Waals surface area contributed by atoms with Gasteiger partial charge < -0.3 is 9.84 Å². The molecular weight excluding hydrogens is 371 g/mol. The Balaban J connectivity index is 1.91. The van der Waals surface area contributed by atoms with E-state index in [9.17, 15) is 9.90 Å². The van der Waals surface area contributed by atoms with E-state index in [0.717, 1.165) is 28.7 Å². The molecule has 0 atom stereocenters. The molecule has 134 valence electrons. The maximum atomic E-state index is 12.8. The fourth-order valence-electron chi connectivity index (χ4n) is 2.97. The smallest absolute Gasteiger partial charge is 0.185 e. The fraction of sp³-hybridized carbons (Fsp3) is 0.190. The van der Waals surface area contributed by atoms with Crippen molar-refractivity contribution in [3.05, 3.63) is 68.7 Å². The zero-order valence-corrected chi connectivity index (χ0v) is 15.8. The van der Waals surface area contributed by atoms with Crippen LogP contribution in [0.1, 0.15) is 30.4 Å². The number of ether oxygens (including phenoxy) is 1. The SMILES string of the molecule is COc1cc(/C=C2\CCC/C(=C\c3ccc(Cl)cc3Cl)C2=O)ccc1O. The number of rotatable bonds is 3. The molecule has 1 aliphatic carbocycles. The topological polar surface area (TPSA) is 46.5 Å². The predicted molar refractivity (Wildman–Crippen MR) is 106 cm³/mol. The summed E-state index contributed by atoms with van der Waals surface area (Å²) in [5.74, 6) is 0.475. The van der Waals surface area contributed by atoms with E-state index in [1.807, 2.05) is 18.2 Å². The van der Waals surface area contributed by atoms with Crippen molar-refractivity contribution in [1.29, 1.82) is 0 Å².